The second kappa shape index (κ2) is 5.96. The van der Waals surface area contributed by atoms with Gasteiger partial charge in [-0.2, -0.15) is 5.10 Å². The summed E-state index contributed by atoms with van der Waals surface area (Å²) in [5.41, 5.74) is 7.99. The number of nitrogens with one attached hydrogen (secondary N) is 1. The first-order valence-electron chi connectivity index (χ1n) is 6.31. The predicted octanol–water partition coefficient (Wildman–Crippen LogP) is 2.73. The van der Waals surface area contributed by atoms with Crippen LogP contribution in [-0.2, 0) is 13.2 Å². The minimum absolute atomic E-state index is 0.0446. The third kappa shape index (κ3) is 3.11. The number of aromatic nitrogens is 2. The Balaban J connectivity index is 2.22. The topological polar surface area (TPSA) is 76.9 Å². The summed E-state index contributed by atoms with van der Waals surface area (Å²) in [6.07, 6.45) is 0. The zero-order chi connectivity index (χ0) is 14.7. The first-order valence-corrected chi connectivity index (χ1v) is 6.69. The summed E-state index contributed by atoms with van der Waals surface area (Å²) in [5, 5.41) is 12.5. The standard InChI is InChI=1S/C14H17ClN4O/c1-3-19-11(6-9(2)18-19)8-20-13-7-10(15)4-5-12(13)14(16)17/h4-7H,3,8H2,1-2H3,(H3,16,17). The van der Waals surface area contributed by atoms with Crippen molar-refractivity contribution in [3.05, 3.63) is 46.2 Å². The first kappa shape index (κ1) is 14.4. The molecular formula is C14H17ClN4O. The zero-order valence-corrected chi connectivity index (χ0v) is 12.2. The van der Waals surface area contributed by atoms with E-state index in [1.54, 1.807) is 18.2 Å². The van der Waals surface area contributed by atoms with E-state index in [0.717, 1.165) is 17.9 Å². The summed E-state index contributed by atoms with van der Waals surface area (Å²) in [7, 11) is 0. The molecule has 0 spiro atoms. The van der Waals surface area contributed by atoms with Gasteiger partial charge in [0.05, 0.1) is 17.0 Å². The van der Waals surface area contributed by atoms with Gasteiger partial charge in [-0.1, -0.05) is 11.6 Å². The van der Waals surface area contributed by atoms with Crippen molar-refractivity contribution in [1.29, 1.82) is 5.41 Å². The maximum Gasteiger partial charge on any atom is 0.132 e. The van der Waals surface area contributed by atoms with Crippen molar-refractivity contribution in [3.63, 3.8) is 0 Å². The fourth-order valence-corrected chi connectivity index (χ4v) is 2.14. The Kier molecular flexibility index (Phi) is 4.29. The van der Waals surface area contributed by atoms with E-state index >= 15 is 0 Å². The molecule has 0 aliphatic heterocycles. The summed E-state index contributed by atoms with van der Waals surface area (Å²) >= 11 is 5.96. The van der Waals surface area contributed by atoms with E-state index < -0.39 is 0 Å². The van der Waals surface area contributed by atoms with E-state index in [2.05, 4.69) is 5.10 Å². The number of nitrogens with zero attached hydrogens (tertiary/aromatic N) is 2. The summed E-state index contributed by atoms with van der Waals surface area (Å²) in [4.78, 5) is 0. The number of benzene rings is 1. The van der Waals surface area contributed by atoms with E-state index in [1.807, 2.05) is 24.6 Å². The fourth-order valence-electron chi connectivity index (χ4n) is 1.98. The number of aryl methyl sites for hydroxylation is 2. The molecule has 0 unspecified atom stereocenters. The van der Waals surface area contributed by atoms with Crippen LogP contribution in [0.15, 0.2) is 24.3 Å². The molecule has 0 saturated heterocycles. The number of hydrogen-bond donors (Lipinski definition) is 2. The van der Waals surface area contributed by atoms with Crippen LogP contribution in [0.5, 0.6) is 5.75 Å². The maximum absolute atomic E-state index is 7.55. The number of ether oxygens (including phenoxy) is 1. The Morgan fingerprint density at radius 3 is 2.85 bits per heavy atom. The highest BCUT2D eigenvalue weighted by Gasteiger charge is 2.10. The summed E-state index contributed by atoms with van der Waals surface area (Å²) < 4.78 is 7.64. The van der Waals surface area contributed by atoms with Crippen molar-refractivity contribution in [2.75, 3.05) is 0 Å². The van der Waals surface area contributed by atoms with Gasteiger partial charge in [0.25, 0.3) is 0 Å². The molecule has 2 rings (SSSR count). The average Bonchev–Trinajstić information content (AvgIpc) is 2.76. The molecule has 1 aromatic heterocycles. The lowest BCUT2D eigenvalue weighted by Crippen LogP contribution is -2.14. The molecule has 6 heteroatoms. The minimum Gasteiger partial charge on any atom is -0.486 e. The van der Waals surface area contributed by atoms with Gasteiger partial charge < -0.3 is 10.5 Å². The SMILES string of the molecule is CCn1nc(C)cc1COc1cc(Cl)ccc1C(=N)N. The van der Waals surface area contributed by atoms with Crippen molar-refractivity contribution in [2.24, 2.45) is 5.73 Å². The van der Waals surface area contributed by atoms with Crippen molar-refractivity contribution in [3.8, 4) is 5.75 Å². The molecule has 0 fully saturated rings. The average molecular weight is 293 g/mol. The highest BCUT2D eigenvalue weighted by atomic mass is 35.5. The van der Waals surface area contributed by atoms with Crippen LogP contribution in [-0.4, -0.2) is 15.6 Å². The fraction of sp³-hybridized carbons (Fsp3) is 0.286. The Bertz CT molecular complexity index is 636. The highest BCUT2D eigenvalue weighted by Crippen LogP contribution is 2.24. The van der Waals surface area contributed by atoms with Crippen molar-refractivity contribution in [2.45, 2.75) is 27.0 Å². The van der Waals surface area contributed by atoms with E-state index in [0.29, 0.717) is 22.9 Å². The van der Waals surface area contributed by atoms with Crippen LogP contribution in [0.4, 0.5) is 0 Å². The van der Waals surface area contributed by atoms with Crippen molar-refractivity contribution < 1.29 is 4.74 Å². The summed E-state index contributed by atoms with van der Waals surface area (Å²) in [6, 6.07) is 7.01. The maximum atomic E-state index is 7.55. The Morgan fingerprint density at radius 1 is 1.45 bits per heavy atom. The molecule has 0 atom stereocenters. The van der Waals surface area contributed by atoms with Gasteiger partial charge in [-0.25, -0.2) is 0 Å². The van der Waals surface area contributed by atoms with Gasteiger partial charge in [0.15, 0.2) is 0 Å². The van der Waals surface area contributed by atoms with Crippen LogP contribution in [0.2, 0.25) is 5.02 Å². The van der Waals surface area contributed by atoms with E-state index in [1.165, 1.54) is 0 Å². The number of hydrogen-bond acceptors (Lipinski definition) is 3. The van der Waals surface area contributed by atoms with E-state index in [-0.39, 0.29) is 5.84 Å². The Morgan fingerprint density at radius 2 is 2.20 bits per heavy atom. The summed E-state index contributed by atoms with van der Waals surface area (Å²) in [6.45, 7) is 5.10. The van der Waals surface area contributed by atoms with Gasteiger partial charge in [0.2, 0.25) is 0 Å². The number of halogens is 1. The predicted molar refractivity (Wildman–Crippen MR) is 79.4 cm³/mol. The van der Waals surface area contributed by atoms with Gasteiger partial charge in [0.1, 0.15) is 18.2 Å². The quantitative estimate of drug-likeness (QED) is 0.657. The monoisotopic (exact) mass is 292 g/mol. The number of nitrogen functional groups attached to an aromatic ring is 1. The molecule has 0 aliphatic rings. The second-order valence-electron chi connectivity index (χ2n) is 4.44. The van der Waals surface area contributed by atoms with Crippen LogP contribution in [0, 0.1) is 12.3 Å². The van der Waals surface area contributed by atoms with Crippen LogP contribution in [0.3, 0.4) is 0 Å². The Labute approximate surface area is 122 Å². The molecule has 0 bridgehead atoms. The first-order chi connectivity index (χ1) is 9.51. The molecule has 2 aromatic rings. The van der Waals surface area contributed by atoms with Crippen LogP contribution >= 0.6 is 11.6 Å². The van der Waals surface area contributed by atoms with Crippen LogP contribution in [0.25, 0.3) is 0 Å². The molecule has 106 valence electrons. The number of nitrogens with two attached hydrogens (primary N) is 1. The molecular weight excluding hydrogens is 276 g/mol. The summed E-state index contributed by atoms with van der Waals surface area (Å²) in [5.74, 6) is 0.461. The van der Waals surface area contributed by atoms with Gasteiger partial charge in [-0.05, 0) is 38.1 Å². The largest absolute Gasteiger partial charge is 0.486 e. The molecule has 5 nitrogen and oxygen atoms in total. The second-order valence-corrected chi connectivity index (χ2v) is 4.87. The van der Waals surface area contributed by atoms with E-state index in [9.17, 15) is 0 Å². The van der Waals surface area contributed by atoms with Crippen molar-refractivity contribution in [1.82, 2.24) is 9.78 Å². The lowest BCUT2D eigenvalue weighted by Gasteiger charge is -2.11. The molecule has 0 saturated carbocycles. The van der Waals surface area contributed by atoms with Crippen LogP contribution < -0.4 is 10.5 Å². The zero-order valence-electron chi connectivity index (χ0n) is 11.5. The molecule has 1 heterocycles. The number of rotatable bonds is 5. The lowest BCUT2D eigenvalue weighted by atomic mass is 10.2. The molecule has 0 aliphatic carbocycles. The van der Waals surface area contributed by atoms with Gasteiger partial charge in [0, 0.05) is 11.6 Å². The third-order valence-corrected chi connectivity index (χ3v) is 3.13. The van der Waals surface area contributed by atoms with E-state index in [4.69, 9.17) is 27.5 Å². The molecule has 0 amide bonds. The minimum atomic E-state index is -0.0446. The lowest BCUT2D eigenvalue weighted by molar-refractivity contribution is 0.292. The number of amidine groups is 1. The Hall–Kier alpha value is -2.01. The molecule has 0 radical (unpaired) electrons. The normalized spacial score (nSPS) is 10.6. The van der Waals surface area contributed by atoms with Gasteiger partial charge >= 0.3 is 0 Å². The molecule has 1 aromatic carbocycles. The highest BCUT2D eigenvalue weighted by molar-refractivity contribution is 6.30. The van der Waals surface area contributed by atoms with Gasteiger partial charge in [-0.15, -0.1) is 0 Å². The van der Waals surface area contributed by atoms with Crippen LogP contribution in [0.1, 0.15) is 23.9 Å². The molecule has 3 N–H and O–H groups in total. The smallest absolute Gasteiger partial charge is 0.132 e. The van der Waals surface area contributed by atoms with Crippen molar-refractivity contribution >= 4 is 17.4 Å². The molecule has 20 heavy (non-hydrogen) atoms. The third-order valence-electron chi connectivity index (χ3n) is 2.89. The van der Waals surface area contributed by atoms with Gasteiger partial charge in [-0.3, -0.25) is 10.1 Å².